The molecule has 0 aliphatic carbocycles. The van der Waals surface area contributed by atoms with Gasteiger partial charge in [0.25, 0.3) is 0 Å². The zero-order valence-corrected chi connectivity index (χ0v) is 31.4. The molecule has 1 unspecified atom stereocenters. The van der Waals surface area contributed by atoms with Crippen molar-refractivity contribution >= 4 is 17.8 Å². The van der Waals surface area contributed by atoms with Crippen molar-refractivity contribution in [2.24, 2.45) is 5.41 Å². The summed E-state index contributed by atoms with van der Waals surface area (Å²) < 4.78 is 5.93. The van der Waals surface area contributed by atoms with E-state index in [9.17, 15) is 19.5 Å². The minimum atomic E-state index is -1.04. The molecule has 0 saturated carbocycles. The number of hydrogen-bond acceptors (Lipinski definition) is 4. The van der Waals surface area contributed by atoms with Gasteiger partial charge in [-0.05, 0) is 108 Å². The summed E-state index contributed by atoms with van der Waals surface area (Å²) >= 11 is 0. The molecular formula is C43H64N2O5. The molecule has 0 heterocycles. The van der Waals surface area contributed by atoms with Crippen molar-refractivity contribution < 1.29 is 24.2 Å². The van der Waals surface area contributed by atoms with Crippen LogP contribution in [0.1, 0.15) is 115 Å². The average Bonchev–Trinajstić information content (AvgIpc) is 3.08. The number of ether oxygens (including phenoxy) is 1. The number of unbranched alkanes of at least 4 members (excludes halogenated alkanes) is 1. The van der Waals surface area contributed by atoms with Crippen LogP contribution in [-0.4, -0.2) is 42.1 Å². The van der Waals surface area contributed by atoms with E-state index >= 15 is 0 Å². The van der Waals surface area contributed by atoms with Crippen LogP contribution in [0.3, 0.4) is 0 Å². The second-order valence-electron chi connectivity index (χ2n) is 13.3. The van der Waals surface area contributed by atoms with Crippen LogP contribution in [0.15, 0.2) is 91.1 Å². The fourth-order valence-corrected chi connectivity index (χ4v) is 4.97. The molecule has 1 aromatic carbocycles. The lowest BCUT2D eigenvalue weighted by atomic mass is 9.87. The molecule has 0 spiro atoms. The lowest BCUT2D eigenvalue weighted by Crippen LogP contribution is -2.41. The molecular weight excluding hydrogens is 624 g/mol. The first kappa shape index (κ1) is 43.9. The highest BCUT2D eigenvalue weighted by Crippen LogP contribution is 2.24. The second-order valence-corrected chi connectivity index (χ2v) is 13.3. The monoisotopic (exact) mass is 688 g/mol. The number of allylic oxidation sites excluding steroid dienone is 12. The summed E-state index contributed by atoms with van der Waals surface area (Å²) in [5.74, 6) is -0.455. The Labute approximate surface area is 302 Å². The van der Waals surface area contributed by atoms with Gasteiger partial charge in [-0.2, -0.15) is 0 Å². The van der Waals surface area contributed by atoms with E-state index in [1.54, 1.807) is 0 Å². The molecule has 0 saturated heterocycles. The third-order valence-corrected chi connectivity index (χ3v) is 8.14. The molecule has 0 radical (unpaired) electrons. The largest absolute Gasteiger partial charge is 0.493 e. The van der Waals surface area contributed by atoms with Crippen LogP contribution < -0.4 is 15.4 Å². The maximum Gasteiger partial charge on any atom is 0.326 e. The zero-order chi connectivity index (χ0) is 36.9. The third-order valence-electron chi connectivity index (χ3n) is 8.14. The molecule has 50 heavy (non-hydrogen) atoms. The van der Waals surface area contributed by atoms with Crippen molar-refractivity contribution in [3.63, 3.8) is 0 Å². The van der Waals surface area contributed by atoms with Crippen molar-refractivity contribution in [3.05, 3.63) is 102 Å². The zero-order valence-electron chi connectivity index (χ0n) is 31.4. The van der Waals surface area contributed by atoms with Gasteiger partial charge in [-0.1, -0.05) is 106 Å². The number of aliphatic carboxylic acids is 1. The SMILES string of the molecule is CC/C=C\C/C=C\C/C=C\C/C=C\C/C=C\C/C=C\CCC(=O)NC(CCCCNC(=O)C(C)(C)CCCOc1cc(C)ccc1C)C(=O)O. The van der Waals surface area contributed by atoms with Gasteiger partial charge in [-0.3, -0.25) is 9.59 Å². The van der Waals surface area contributed by atoms with Gasteiger partial charge in [-0.25, -0.2) is 4.79 Å². The normalized spacial score (nSPS) is 13.1. The molecule has 1 rings (SSSR count). The van der Waals surface area contributed by atoms with Crippen LogP contribution in [0, 0.1) is 19.3 Å². The van der Waals surface area contributed by atoms with Gasteiger partial charge in [-0.15, -0.1) is 0 Å². The Bertz CT molecular complexity index is 1300. The molecule has 1 aromatic rings. The van der Waals surface area contributed by atoms with Crippen LogP contribution in [-0.2, 0) is 14.4 Å². The van der Waals surface area contributed by atoms with Crippen molar-refractivity contribution in [1.82, 2.24) is 10.6 Å². The van der Waals surface area contributed by atoms with Gasteiger partial charge < -0.3 is 20.5 Å². The molecule has 276 valence electrons. The van der Waals surface area contributed by atoms with Crippen LogP contribution in [0.4, 0.5) is 0 Å². The Hall–Kier alpha value is -4.13. The summed E-state index contributed by atoms with van der Waals surface area (Å²) in [5, 5.41) is 15.2. The van der Waals surface area contributed by atoms with Gasteiger partial charge in [0.2, 0.25) is 11.8 Å². The first-order chi connectivity index (χ1) is 24.1. The predicted molar refractivity (Wildman–Crippen MR) is 208 cm³/mol. The second kappa shape index (κ2) is 27.7. The molecule has 0 bridgehead atoms. The Balaban J connectivity index is 2.17. The maximum absolute atomic E-state index is 12.8. The molecule has 3 N–H and O–H groups in total. The standard InChI is InChI=1S/C43H64N2O5/c1-6-7-8-9-10-11-12-13-14-15-16-17-18-19-20-21-22-23-24-29-40(46)45-38(41(47)48)28-25-26-33-44-42(49)43(4,5)32-27-34-50-39-35-36(2)30-31-37(39)3/h7-8,10-11,13-14,16-17,19-20,22-23,30-31,35,38H,6,9,12,15,18,21,24-29,32-34H2,1-5H3,(H,44,49)(H,45,46)(H,47,48)/b8-7-,11-10-,14-13-,17-16-,20-19-,23-22-. The average molecular weight is 689 g/mol. The van der Waals surface area contributed by atoms with Gasteiger partial charge >= 0.3 is 5.97 Å². The minimum Gasteiger partial charge on any atom is -0.493 e. The number of benzene rings is 1. The van der Waals surface area contributed by atoms with Crippen molar-refractivity contribution in [1.29, 1.82) is 0 Å². The Kier molecular flexibility index (Phi) is 24.3. The predicted octanol–water partition coefficient (Wildman–Crippen LogP) is 9.82. The number of amides is 2. The summed E-state index contributed by atoms with van der Waals surface area (Å²) in [6.45, 7) is 11.1. The Morgan fingerprint density at radius 2 is 1.36 bits per heavy atom. The molecule has 0 fully saturated rings. The number of nitrogens with one attached hydrogen (secondary N) is 2. The van der Waals surface area contributed by atoms with Crippen LogP contribution in [0.5, 0.6) is 5.75 Å². The summed E-state index contributed by atoms with van der Waals surface area (Å²) in [6, 6.07) is 5.20. The van der Waals surface area contributed by atoms with E-state index in [1.165, 1.54) is 0 Å². The summed E-state index contributed by atoms with van der Waals surface area (Å²) in [6.07, 6.45) is 35.1. The highest BCUT2D eigenvalue weighted by atomic mass is 16.5. The molecule has 7 nitrogen and oxygen atoms in total. The lowest BCUT2D eigenvalue weighted by molar-refractivity contribution is -0.142. The van der Waals surface area contributed by atoms with E-state index in [2.05, 4.69) is 84.4 Å². The molecule has 0 aromatic heterocycles. The number of hydrogen-bond donors (Lipinski definition) is 3. The van der Waals surface area contributed by atoms with E-state index in [0.29, 0.717) is 45.3 Å². The van der Waals surface area contributed by atoms with E-state index in [1.807, 2.05) is 52.0 Å². The molecule has 7 heteroatoms. The third kappa shape index (κ3) is 22.5. The van der Waals surface area contributed by atoms with Gasteiger partial charge in [0.05, 0.1) is 6.61 Å². The smallest absolute Gasteiger partial charge is 0.326 e. The topological polar surface area (TPSA) is 105 Å². The molecule has 1 atom stereocenters. The quantitative estimate of drug-likeness (QED) is 0.0631. The number of rotatable bonds is 27. The Morgan fingerprint density at radius 3 is 1.92 bits per heavy atom. The van der Waals surface area contributed by atoms with E-state index < -0.39 is 17.4 Å². The van der Waals surface area contributed by atoms with E-state index in [0.717, 1.165) is 61.8 Å². The maximum atomic E-state index is 12.8. The van der Waals surface area contributed by atoms with Gasteiger partial charge in [0, 0.05) is 18.4 Å². The van der Waals surface area contributed by atoms with Gasteiger partial charge in [0.15, 0.2) is 0 Å². The Morgan fingerprint density at radius 1 is 0.800 bits per heavy atom. The highest BCUT2D eigenvalue weighted by Gasteiger charge is 2.27. The first-order valence-electron chi connectivity index (χ1n) is 18.5. The van der Waals surface area contributed by atoms with Crippen molar-refractivity contribution in [2.45, 2.75) is 124 Å². The van der Waals surface area contributed by atoms with Crippen LogP contribution in [0.2, 0.25) is 0 Å². The van der Waals surface area contributed by atoms with Crippen molar-refractivity contribution in [2.75, 3.05) is 13.2 Å². The fourth-order valence-electron chi connectivity index (χ4n) is 4.97. The minimum absolute atomic E-state index is 0.0262. The summed E-state index contributed by atoms with van der Waals surface area (Å²) in [5.41, 5.74) is 1.71. The number of aryl methyl sites for hydroxylation is 2. The summed E-state index contributed by atoms with van der Waals surface area (Å²) in [7, 11) is 0. The molecule has 2 amide bonds. The lowest BCUT2D eigenvalue weighted by Gasteiger charge is -2.24. The first-order valence-corrected chi connectivity index (χ1v) is 18.5. The number of carboxylic acid groups (broad SMARTS) is 1. The number of carbonyl (C=O) groups excluding carboxylic acids is 2. The summed E-state index contributed by atoms with van der Waals surface area (Å²) in [4.78, 5) is 36.8. The van der Waals surface area contributed by atoms with Gasteiger partial charge in [0.1, 0.15) is 11.8 Å². The molecule has 0 aliphatic heterocycles. The fraction of sp³-hybridized carbons (Fsp3) is 0.512. The highest BCUT2D eigenvalue weighted by molar-refractivity contribution is 5.83. The van der Waals surface area contributed by atoms with Crippen LogP contribution in [0.25, 0.3) is 0 Å². The van der Waals surface area contributed by atoms with E-state index in [-0.39, 0.29) is 18.2 Å². The van der Waals surface area contributed by atoms with Crippen molar-refractivity contribution in [3.8, 4) is 5.75 Å². The molecule has 0 aliphatic rings. The number of carboxylic acids is 1. The van der Waals surface area contributed by atoms with Crippen LogP contribution >= 0.6 is 0 Å². The van der Waals surface area contributed by atoms with E-state index in [4.69, 9.17) is 4.74 Å². The number of carbonyl (C=O) groups is 3.